The summed E-state index contributed by atoms with van der Waals surface area (Å²) >= 11 is 0. The molecule has 12 atom stereocenters. The number of allylic oxidation sites excluding steroid dienone is 2. The van der Waals surface area contributed by atoms with E-state index in [2.05, 4.69) is 11.9 Å². The van der Waals surface area contributed by atoms with Gasteiger partial charge in [-0.25, -0.2) is 4.79 Å². The molecule has 1 amide bonds. The van der Waals surface area contributed by atoms with Gasteiger partial charge in [0.25, 0.3) is 0 Å². The van der Waals surface area contributed by atoms with Gasteiger partial charge in [-0.05, 0) is 65.2 Å². The van der Waals surface area contributed by atoms with E-state index < -0.39 is 41.6 Å². The van der Waals surface area contributed by atoms with Crippen molar-refractivity contribution in [2.75, 3.05) is 27.2 Å². The number of likely N-dealkylation sites (tertiary alicyclic amines) is 2. The van der Waals surface area contributed by atoms with Crippen LogP contribution in [0.25, 0.3) is 0 Å². The van der Waals surface area contributed by atoms with E-state index in [-0.39, 0.29) is 49.0 Å². The molecular weight excluding hydrogens is 604 g/mol. The molecule has 0 aromatic heterocycles. The number of hydrogen-bond donors (Lipinski definition) is 3. The summed E-state index contributed by atoms with van der Waals surface area (Å²) in [5.74, 6) is -0.826. The van der Waals surface area contributed by atoms with Crippen molar-refractivity contribution in [1.29, 1.82) is 0 Å². The first-order chi connectivity index (χ1) is 22.1. The van der Waals surface area contributed by atoms with Crippen molar-refractivity contribution < 1.29 is 43.9 Å². The van der Waals surface area contributed by atoms with Crippen LogP contribution >= 0.6 is 0 Å². The fraction of sp³-hybridized carbons (Fsp3) is 0.778. The van der Waals surface area contributed by atoms with Gasteiger partial charge < -0.3 is 39.2 Å². The summed E-state index contributed by atoms with van der Waals surface area (Å²) in [5, 5.41) is 31.9. The number of piperazine rings is 1. The predicted molar refractivity (Wildman–Crippen MR) is 178 cm³/mol. The maximum absolute atomic E-state index is 13.4. The lowest BCUT2D eigenvalue weighted by molar-refractivity contribution is -0.151. The van der Waals surface area contributed by atoms with Crippen molar-refractivity contribution in [1.82, 2.24) is 9.80 Å². The molecule has 266 valence electrons. The first kappa shape index (κ1) is 37.5. The molecule has 47 heavy (non-hydrogen) atoms. The maximum Gasteiger partial charge on any atom is 0.410 e. The molecule has 3 N–H and O–H groups in total. The number of fused-ring (bicyclic) bond motifs is 2. The van der Waals surface area contributed by atoms with E-state index in [0.29, 0.717) is 31.8 Å². The van der Waals surface area contributed by atoms with Gasteiger partial charge in [-0.15, -0.1) is 0 Å². The number of esters is 1. The Morgan fingerprint density at radius 2 is 2.00 bits per heavy atom. The van der Waals surface area contributed by atoms with Crippen LogP contribution in [-0.4, -0.2) is 124 Å². The van der Waals surface area contributed by atoms with Crippen molar-refractivity contribution in [3.63, 3.8) is 0 Å². The lowest BCUT2D eigenvalue weighted by Crippen LogP contribution is -2.51. The SMILES string of the molecule is CCC(O)C(C)C1OC1CC(C)(O)C=CC=C(C)C1OC(=O)CC(O)CCC(C)(OC)C(OC(=O)N2C[C@H]3C[C@@H]2CN3C)C=CC1C. The number of rotatable bonds is 10. The first-order valence-corrected chi connectivity index (χ1v) is 17.3. The van der Waals surface area contributed by atoms with Gasteiger partial charge in [0, 0.05) is 50.5 Å². The molecule has 0 aromatic rings. The fourth-order valence-electron chi connectivity index (χ4n) is 7.27. The molecule has 4 aliphatic rings. The van der Waals surface area contributed by atoms with Crippen molar-refractivity contribution in [2.24, 2.45) is 11.8 Å². The number of cyclic esters (lactones) is 1. The molecule has 4 rings (SSSR count). The molecule has 0 spiro atoms. The van der Waals surface area contributed by atoms with Crippen LogP contribution in [0.1, 0.15) is 80.1 Å². The number of ether oxygens (including phenoxy) is 4. The molecular formula is C36H58N2O9. The average molecular weight is 663 g/mol. The highest BCUT2D eigenvalue weighted by atomic mass is 16.6. The number of amides is 1. The molecule has 0 aliphatic carbocycles. The lowest BCUT2D eigenvalue weighted by Gasteiger charge is -2.38. The average Bonchev–Trinajstić information content (AvgIpc) is 3.48. The number of aliphatic hydroxyl groups excluding tert-OH is 2. The zero-order valence-corrected chi connectivity index (χ0v) is 29.5. The van der Waals surface area contributed by atoms with E-state index in [0.717, 1.165) is 18.5 Å². The van der Waals surface area contributed by atoms with E-state index in [1.165, 1.54) is 0 Å². The summed E-state index contributed by atoms with van der Waals surface area (Å²) in [7, 11) is 3.65. The van der Waals surface area contributed by atoms with Crippen LogP contribution in [0.2, 0.25) is 0 Å². The molecule has 2 bridgehead atoms. The van der Waals surface area contributed by atoms with Crippen molar-refractivity contribution >= 4 is 12.1 Å². The number of nitrogens with zero attached hydrogens (tertiary/aromatic N) is 2. The first-order valence-electron chi connectivity index (χ1n) is 17.3. The topological polar surface area (TPSA) is 142 Å². The summed E-state index contributed by atoms with van der Waals surface area (Å²) in [6, 6.07) is 0.470. The third-order valence-corrected chi connectivity index (χ3v) is 10.8. The molecule has 0 radical (unpaired) electrons. The molecule has 10 unspecified atom stereocenters. The van der Waals surface area contributed by atoms with Crippen LogP contribution in [0.5, 0.6) is 0 Å². The Labute approximate surface area is 280 Å². The van der Waals surface area contributed by atoms with Gasteiger partial charge in [-0.3, -0.25) is 9.69 Å². The largest absolute Gasteiger partial charge is 0.457 e. The van der Waals surface area contributed by atoms with Crippen LogP contribution in [-0.2, 0) is 23.7 Å². The van der Waals surface area contributed by atoms with Crippen molar-refractivity contribution in [3.8, 4) is 0 Å². The number of epoxide rings is 1. The lowest BCUT2D eigenvalue weighted by atomic mass is 9.88. The number of aliphatic hydroxyl groups is 3. The van der Waals surface area contributed by atoms with Gasteiger partial charge in [-0.2, -0.15) is 0 Å². The fourth-order valence-corrected chi connectivity index (χ4v) is 7.27. The van der Waals surface area contributed by atoms with E-state index in [1.807, 2.05) is 57.7 Å². The normalized spacial score (nSPS) is 38.0. The van der Waals surface area contributed by atoms with Gasteiger partial charge in [0.1, 0.15) is 11.7 Å². The quantitative estimate of drug-likeness (QED) is 0.137. The molecule has 4 aliphatic heterocycles. The monoisotopic (exact) mass is 662 g/mol. The van der Waals surface area contributed by atoms with Gasteiger partial charge >= 0.3 is 12.1 Å². The number of methoxy groups -OCH3 is 1. The van der Waals surface area contributed by atoms with Crippen LogP contribution in [0, 0.1) is 11.8 Å². The Kier molecular flexibility index (Phi) is 12.4. The summed E-state index contributed by atoms with van der Waals surface area (Å²) in [6.45, 7) is 12.7. The third-order valence-electron chi connectivity index (χ3n) is 10.8. The van der Waals surface area contributed by atoms with E-state index in [4.69, 9.17) is 18.9 Å². The van der Waals surface area contributed by atoms with Crippen LogP contribution < -0.4 is 0 Å². The Morgan fingerprint density at radius 1 is 1.28 bits per heavy atom. The van der Waals surface area contributed by atoms with Crippen molar-refractivity contribution in [2.45, 2.75) is 140 Å². The molecule has 11 heteroatoms. The molecule has 3 fully saturated rings. The molecule has 0 aromatic carbocycles. The minimum absolute atomic E-state index is 0.00187. The smallest absolute Gasteiger partial charge is 0.410 e. The Bertz CT molecular complexity index is 1180. The zero-order chi connectivity index (χ0) is 34.7. The second-order valence-electron chi connectivity index (χ2n) is 14.8. The summed E-state index contributed by atoms with van der Waals surface area (Å²) in [4.78, 5) is 30.5. The standard InChI is InChI=1S/C36H58N2O9/c1-9-28(40)24(4)33-29(45-33)19-35(5,43)15-10-11-22(2)32-23(3)12-13-30(36(6,44-8)16-14-27(39)18-31(41)47-32)46-34(42)38-21-25-17-26(38)20-37(25)7/h10-13,15,23-30,32-33,39-40,43H,9,14,16-21H2,1-8H3/t23?,24?,25-,26-,27?,28?,29?,30?,32?,33?,35?,36?/m1/s1. The minimum atomic E-state index is -1.14. The highest BCUT2D eigenvalue weighted by Crippen LogP contribution is 2.38. The molecule has 0 saturated carbocycles. The Morgan fingerprint density at radius 3 is 2.62 bits per heavy atom. The maximum atomic E-state index is 13.4. The van der Waals surface area contributed by atoms with Gasteiger partial charge in [0.15, 0.2) is 6.10 Å². The van der Waals surface area contributed by atoms with Gasteiger partial charge in [-0.1, -0.05) is 45.1 Å². The van der Waals surface area contributed by atoms with Crippen LogP contribution in [0.4, 0.5) is 4.79 Å². The Balaban J connectivity index is 1.49. The zero-order valence-electron chi connectivity index (χ0n) is 29.5. The highest BCUT2D eigenvalue weighted by Gasteiger charge is 2.48. The Hall–Kier alpha value is -2.28. The number of likely N-dealkylation sites (N-methyl/N-ethyl adjacent to an activating group) is 1. The second-order valence-corrected chi connectivity index (χ2v) is 14.8. The third kappa shape index (κ3) is 9.45. The second kappa shape index (κ2) is 15.5. The number of carbonyl (C=O) groups is 2. The van der Waals surface area contributed by atoms with Crippen LogP contribution in [0.3, 0.4) is 0 Å². The van der Waals surface area contributed by atoms with Crippen LogP contribution in [0.15, 0.2) is 36.0 Å². The molecule has 4 heterocycles. The van der Waals surface area contributed by atoms with E-state index in [1.54, 1.807) is 26.2 Å². The van der Waals surface area contributed by atoms with Gasteiger partial charge in [0.2, 0.25) is 0 Å². The van der Waals surface area contributed by atoms with Crippen molar-refractivity contribution in [3.05, 3.63) is 36.0 Å². The van der Waals surface area contributed by atoms with E-state index >= 15 is 0 Å². The van der Waals surface area contributed by atoms with Gasteiger partial charge in [0.05, 0.1) is 36.4 Å². The highest BCUT2D eigenvalue weighted by molar-refractivity contribution is 5.70. The summed E-state index contributed by atoms with van der Waals surface area (Å²) < 4.78 is 23.7. The number of carbonyl (C=O) groups excluding carboxylic acids is 2. The summed E-state index contributed by atoms with van der Waals surface area (Å²) in [6.07, 6.45) is 8.04. The molecule has 3 saturated heterocycles. The van der Waals surface area contributed by atoms with E-state index in [9.17, 15) is 24.9 Å². The summed E-state index contributed by atoms with van der Waals surface area (Å²) in [5.41, 5.74) is -1.33. The number of hydrogen-bond acceptors (Lipinski definition) is 10. The molecule has 11 nitrogen and oxygen atoms in total. The minimum Gasteiger partial charge on any atom is -0.457 e. The predicted octanol–water partition coefficient (Wildman–Crippen LogP) is 3.75.